The van der Waals surface area contributed by atoms with Gasteiger partial charge in [-0.25, -0.2) is 14.2 Å². The Morgan fingerprint density at radius 2 is 1.93 bits per heavy atom. The SMILES string of the molecule is Nc1cc(Cn2ccc3c(NC(=O)Nc4cc(Cl)ccc4Cl)c(F)ccc32)ccn1. The molecule has 0 spiro atoms. The van der Waals surface area contributed by atoms with Crippen molar-refractivity contribution in [2.45, 2.75) is 6.54 Å². The highest BCUT2D eigenvalue weighted by Gasteiger charge is 2.15. The van der Waals surface area contributed by atoms with Crippen molar-refractivity contribution in [2.75, 3.05) is 16.4 Å². The molecule has 2 heterocycles. The van der Waals surface area contributed by atoms with Crippen LogP contribution in [-0.4, -0.2) is 15.6 Å². The molecule has 4 aromatic rings. The Labute approximate surface area is 181 Å². The van der Waals surface area contributed by atoms with Gasteiger partial charge in [0.2, 0.25) is 0 Å². The molecule has 0 saturated heterocycles. The number of nitrogen functional groups attached to an aromatic ring is 1. The van der Waals surface area contributed by atoms with Crippen LogP contribution < -0.4 is 16.4 Å². The zero-order chi connectivity index (χ0) is 21.3. The van der Waals surface area contributed by atoms with Crippen molar-refractivity contribution in [3.63, 3.8) is 0 Å². The lowest BCUT2D eigenvalue weighted by atomic mass is 10.2. The minimum Gasteiger partial charge on any atom is -0.384 e. The summed E-state index contributed by atoms with van der Waals surface area (Å²) in [6.07, 6.45) is 3.45. The molecule has 0 radical (unpaired) electrons. The van der Waals surface area contributed by atoms with Gasteiger partial charge in [0.1, 0.15) is 11.6 Å². The maximum atomic E-state index is 14.5. The second kappa shape index (κ2) is 8.22. The molecule has 0 aliphatic heterocycles. The monoisotopic (exact) mass is 443 g/mol. The van der Waals surface area contributed by atoms with Gasteiger partial charge in [-0.2, -0.15) is 0 Å². The first-order valence-corrected chi connectivity index (χ1v) is 9.67. The van der Waals surface area contributed by atoms with Gasteiger partial charge in [0.15, 0.2) is 0 Å². The van der Waals surface area contributed by atoms with E-state index in [-0.39, 0.29) is 5.69 Å². The minimum absolute atomic E-state index is 0.0659. The smallest absolute Gasteiger partial charge is 0.323 e. The first-order chi connectivity index (χ1) is 14.4. The molecule has 30 heavy (non-hydrogen) atoms. The molecule has 0 atom stereocenters. The first-order valence-electron chi connectivity index (χ1n) is 8.91. The first kappa shape index (κ1) is 20.0. The third-order valence-electron chi connectivity index (χ3n) is 4.52. The summed E-state index contributed by atoms with van der Waals surface area (Å²) in [5.41, 5.74) is 7.83. The maximum Gasteiger partial charge on any atom is 0.323 e. The number of nitrogens with one attached hydrogen (secondary N) is 2. The van der Waals surface area contributed by atoms with Gasteiger partial charge < -0.3 is 20.9 Å². The number of hydrogen-bond donors (Lipinski definition) is 3. The van der Waals surface area contributed by atoms with Crippen LogP contribution in [-0.2, 0) is 6.54 Å². The van der Waals surface area contributed by atoms with Crippen molar-refractivity contribution in [1.29, 1.82) is 0 Å². The number of nitrogens with zero attached hydrogens (tertiary/aromatic N) is 2. The summed E-state index contributed by atoms with van der Waals surface area (Å²) in [5, 5.41) is 6.44. The van der Waals surface area contributed by atoms with Gasteiger partial charge in [-0.3, -0.25) is 0 Å². The molecule has 0 bridgehead atoms. The number of pyridine rings is 1. The summed E-state index contributed by atoms with van der Waals surface area (Å²) in [6, 6.07) is 12.4. The quantitative estimate of drug-likeness (QED) is 0.374. The summed E-state index contributed by atoms with van der Waals surface area (Å²) in [5.74, 6) is -0.130. The number of carbonyl (C=O) groups excluding carboxylic acids is 1. The topological polar surface area (TPSA) is 85.0 Å². The summed E-state index contributed by atoms with van der Waals surface area (Å²) in [6.45, 7) is 0.519. The molecule has 0 saturated carbocycles. The van der Waals surface area contributed by atoms with Crippen LogP contribution in [0.5, 0.6) is 0 Å². The van der Waals surface area contributed by atoms with E-state index in [1.807, 2.05) is 16.8 Å². The van der Waals surface area contributed by atoms with Crippen LogP contribution >= 0.6 is 23.2 Å². The number of amides is 2. The fourth-order valence-electron chi connectivity index (χ4n) is 3.16. The molecule has 9 heteroatoms. The molecule has 0 fully saturated rings. The largest absolute Gasteiger partial charge is 0.384 e. The highest BCUT2D eigenvalue weighted by atomic mass is 35.5. The van der Waals surface area contributed by atoms with Crippen LogP contribution in [0, 0.1) is 5.82 Å². The van der Waals surface area contributed by atoms with E-state index in [1.165, 1.54) is 12.1 Å². The molecule has 0 unspecified atom stereocenters. The number of halogens is 3. The Balaban J connectivity index is 1.61. The minimum atomic E-state index is -0.639. The maximum absolute atomic E-state index is 14.5. The van der Waals surface area contributed by atoms with Crippen molar-refractivity contribution in [3.8, 4) is 0 Å². The lowest BCUT2D eigenvalue weighted by molar-refractivity contribution is 0.262. The average Bonchev–Trinajstić information content (AvgIpc) is 3.10. The molecule has 0 aliphatic carbocycles. The average molecular weight is 444 g/mol. The number of nitrogens with two attached hydrogens (primary N) is 1. The summed E-state index contributed by atoms with van der Waals surface area (Å²) < 4.78 is 16.5. The van der Waals surface area contributed by atoms with Gasteiger partial charge in [-0.1, -0.05) is 23.2 Å². The zero-order valence-electron chi connectivity index (χ0n) is 15.5. The van der Waals surface area contributed by atoms with Crippen LogP contribution in [0.15, 0.2) is 60.9 Å². The van der Waals surface area contributed by atoms with E-state index in [0.29, 0.717) is 33.5 Å². The van der Waals surface area contributed by atoms with E-state index in [0.717, 1.165) is 11.1 Å². The Kier molecular flexibility index (Phi) is 5.48. The highest BCUT2D eigenvalue weighted by molar-refractivity contribution is 6.35. The van der Waals surface area contributed by atoms with Crippen LogP contribution in [0.3, 0.4) is 0 Å². The van der Waals surface area contributed by atoms with Gasteiger partial charge in [-0.05, 0) is 54.1 Å². The van der Waals surface area contributed by atoms with Crippen molar-refractivity contribution in [3.05, 3.63) is 82.4 Å². The fraction of sp³-hybridized carbons (Fsp3) is 0.0476. The van der Waals surface area contributed by atoms with E-state index >= 15 is 0 Å². The second-order valence-corrected chi connectivity index (χ2v) is 7.43. The molecule has 2 aromatic heterocycles. The fourth-order valence-corrected chi connectivity index (χ4v) is 3.50. The van der Waals surface area contributed by atoms with Crippen molar-refractivity contribution in [2.24, 2.45) is 0 Å². The Bertz CT molecular complexity index is 1260. The van der Waals surface area contributed by atoms with Crippen molar-refractivity contribution < 1.29 is 9.18 Å². The van der Waals surface area contributed by atoms with Gasteiger partial charge in [0.05, 0.1) is 21.9 Å². The molecular formula is C21H16Cl2FN5O. The van der Waals surface area contributed by atoms with E-state index in [4.69, 9.17) is 28.9 Å². The van der Waals surface area contributed by atoms with Crippen molar-refractivity contribution >= 4 is 57.3 Å². The number of hydrogen-bond acceptors (Lipinski definition) is 3. The number of aromatic nitrogens is 2. The van der Waals surface area contributed by atoms with E-state index in [1.54, 1.807) is 36.5 Å². The van der Waals surface area contributed by atoms with Crippen LogP contribution in [0.1, 0.15) is 5.56 Å². The summed E-state index contributed by atoms with van der Waals surface area (Å²) in [4.78, 5) is 16.4. The van der Waals surface area contributed by atoms with Crippen LogP contribution in [0.4, 0.5) is 26.4 Å². The van der Waals surface area contributed by atoms with E-state index in [9.17, 15) is 9.18 Å². The summed E-state index contributed by atoms with van der Waals surface area (Å²) in [7, 11) is 0. The molecule has 4 N–H and O–H groups in total. The second-order valence-electron chi connectivity index (χ2n) is 6.59. The third-order valence-corrected chi connectivity index (χ3v) is 5.08. The van der Waals surface area contributed by atoms with Gasteiger partial charge in [0, 0.05) is 29.3 Å². The van der Waals surface area contributed by atoms with Gasteiger partial charge in [-0.15, -0.1) is 0 Å². The number of fused-ring (bicyclic) bond motifs is 1. The predicted molar refractivity (Wildman–Crippen MR) is 119 cm³/mol. The molecule has 152 valence electrons. The Morgan fingerprint density at radius 1 is 1.10 bits per heavy atom. The molecule has 0 aliphatic rings. The molecule has 4 rings (SSSR count). The third kappa shape index (κ3) is 4.17. The lowest BCUT2D eigenvalue weighted by Crippen LogP contribution is -2.20. The number of anilines is 3. The zero-order valence-corrected chi connectivity index (χ0v) is 17.0. The van der Waals surface area contributed by atoms with Crippen molar-refractivity contribution in [1.82, 2.24) is 9.55 Å². The molecule has 2 amide bonds. The normalized spacial score (nSPS) is 10.9. The number of benzene rings is 2. The molecular weight excluding hydrogens is 428 g/mol. The number of rotatable bonds is 4. The number of carbonyl (C=O) groups is 1. The Hall–Kier alpha value is -3.29. The predicted octanol–water partition coefficient (Wildman–Crippen LogP) is 5.76. The van der Waals surface area contributed by atoms with Crippen LogP contribution in [0.2, 0.25) is 10.0 Å². The lowest BCUT2D eigenvalue weighted by Gasteiger charge is -2.12. The van der Waals surface area contributed by atoms with E-state index in [2.05, 4.69) is 15.6 Å². The summed E-state index contributed by atoms with van der Waals surface area (Å²) >= 11 is 12.0. The van der Waals surface area contributed by atoms with E-state index < -0.39 is 11.8 Å². The number of urea groups is 1. The highest BCUT2D eigenvalue weighted by Crippen LogP contribution is 2.29. The van der Waals surface area contributed by atoms with Gasteiger partial charge in [0.25, 0.3) is 0 Å². The standard InChI is InChI=1S/C21H16Cl2FN5O/c22-13-1-2-15(23)17(10-13)27-21(30)28-20-14-6-8-29(18(14)4-3-16(20)24)11-12-5-7-26-19(25)9-12/h1-10H,11H2,(H2,25,26)(H2,27,28,30). The molecule has 6 nitrogen and oxygen atoms in total. The Morgan fingerprint density at radius 3 is 2.73 bits per heavy atom. The van der Waals surface area contributed by atoms with Crippen LogP contribution in [0.25, 0.3) is 10.9 Å². The van der Waals surface area contributed by atoms with Gasteiger partial charge >= 0.3 is 6.03 Å². The molecule has 2 aromatic carbocycles.